The van der Waals surface area contributed by atoms with Crippen LogP contribution in [-0.2, 0) is 0 Å². The highest BCUT2D eigenvalue weighted by Crippen LogP contribution is 2.29. The Balaban J connectivity index is 1.92. The molecule has 2 aliphatic rings. The molecule has 1 aliphatic heterocycles. The Labute approximate surface area is 90.9 Å². The van der Waals surface area contributed by atoms with Crippen LogP contribution in [0.3, 0.4) is 0 Å². The lowest BCUT2D eigenvalue weighted by atomic mass is 9.83. The Morgan fingerprint density at radius 2 is 2.07 bits per heavy atom. The smallest absolute Gasteiger partial charge is 0.157 e. The molecule has 2 nitrogen and oxygen atoms in total. The summed E-state index contributed by atoms with van der Waals surface area (Å²) in [7, 11) is 0. The normalized spacial score (nSPS) is 31.3. The van der Waals surface area contributed by atoms with Gasteiger partial charge in [0.2, 0.25) is 0 Å². The fourth-order valence-corrected chi connectivity index (χ4v) is 3.30. The van der Waals surface area contributed by atoms with Gasteiger partial charge in [-0.15, -0.1) is 0 Å². The maximum absolute atomic E-state index is 4.60. The van der Waals surface area contributed by atoms with Gasteiger partial charge in [-0.2, -0.15) is 0 Å². The molecule has 0 bridgehead atoms. The van der Waals surface area contributed by atoms with Crippen LogP contribution in [0.4, 0.5) is 0 Å². The standard InChI is InChI=1S/C11H20N2S/c1-9-8-14-10(12-9)13-11(2)6-4-3-5-7-11/h9H,3-8H2,1-2H3,(H,12,13). The summed E-state index contributed by atoms with van der Waals surface area (Å²) in [6.45, 7) is 4.53. The first kappa shape index (κ1) is 10.3. The van der Waals surface area contributed by atoms with Crippen molar-refractivity contribution in [2.45, 2.75) is 57.5 Å². The largest absolute Gasteiger partial charge is 0.360 e. The molecule has 1 fully saturated rings. The predicted octanol–water partition coefficient (Wildman–Crippen LogP) is 2.79. The third kappa shape index (κ3) is 2.44. The summed E-state index contributed by atoms with van der Waals surface area (Å²) in [6, 6.07) is 0.509. The molecular formula is C11H20N2S. The van der Waals surface area contributed by atoms with Gasteiger partial charge in [0, 0.05) is 11.3 Å². The van der Waals surface area contributed by atoms with E-state index in [1.807, 2.05) is 11.8 Å². The minimum absolute atomic E-state index is 0.328. The molecule has 80 valence electrons. The van der Waals surface area contributed by atoms with Crippen molar-refractivity contribution < 1.29 is 0 Å². The predicted molar refractivity (Wildman–Crippen MR) is 64.0 cm³/mol. The van der Waals surface area contributed by atoms with Crippen LogP contribution >= 0.6 is 11.8 Å². The van der Waals surface area contributed by atoms with E-state index >= 15 is 0 Å². The van der Waals surface area contributed by atoms with Crippen LogP contribution in [0.1, 0.15) is 46.0 Å². The zero-order chi connectivity index (χ0) is 10.0. The molecule has 0 aromatic carbocycles. The molecule has 0 spiro atoms. The number of hydrogen-bond donors (Lipinski definition) is 1. The summed E-state index contributed by atoms with van der Waals surface area (Å²) >= 11 is 1.88. The van der Waals surface area contributed by atoms with Crippen molar-refractivity contribution in [1.29, 1.82) is 0 Å². The van der Waals surface area contributed by atoms with Crippen molar-refractivity contribution in [1.82, 2.24) is 5.32 Å². The Morgan fingerprint density at radius 3 is 2.64 bits per heavy atom. The SMILES string of the molecule is CC1CSC(NC2(C)CCCCC2)=N1. The maximum atomic E-state index is 4.60. The summed E-state index contributed by atoms with van der Waals surface area (Å²) in [5.74, 6) is 1.15. The average Bonchev–Trinajstić information content (AvgIpc) is 2.51. The number of aliphatic imine (C=N–C) groups is 1. The molecule has 0 saturated heterocycles. The van der Waals surface area contributed by atoms with Crippen molar-refractivity contribution in [2.24, 2.45) is 4.99 Å². The molecular weight excluding hydrogens is 192 g/mol. The second-order valence-electron chi connectivity index (χ2n) is 4.84. The van der Waals surface area contributed by atoms with E-state index in [-0.39, 0.29) is 0 Å². The van der Waals surface area contributed by atoms with E-state index in [9.17, 15) is 0 Å². The summed E-state index contributed by atoms with van der Waals surface area (Å²) < 4.78 is 0. The van der Waals surface area contributed by atoms with Crippen LogP contribution in [0.5, 0.6) is 0 Å². The van der Waals surface area contributed by atoms with E-state index in [4.69, 9.17) is 0 Å². The number of thioether (sulfide) groups is 1. The van der Waals surface area contributed by atoms with Gasteiger partial charge in [0.1, 0.15) is 0 Å². The molecule has 0 aromatic rings. The molecule has 0 aromatic heterocycles. The van der Waals surface area contributed by atoms with Gasteiger partial charge in [-0.1, -0.05) is 31.0 Å². The Hall–Kier alpha value is -0.180. The molecule has 1 aliphatic carbocycles. The lowest BCUT2D eigenvalue weighted by Gasteiger charge is -2.35. The molecule has 1 atom stereocenters. The van der Waals surface area contributed by atoms with Crippen molar-refractivity contribution in [2.75, 3.05) is 5.75 Å². The van der Waals surface area contributed by atoms with E-state index in [2.05, 4.69) is 24.2 Å². The molecule has 14 heavy (non-hydrogen) atoms. The van der Waals surface area contributed by atoms with E-state index in [0.717, 1.165) is 5.75 Å². The van der Waals surface area contributed by atoms with Crippen LogP contribution in [0.15, 0.2) is 4.99 Å². The number of nitrogens with zero attached hydrogens (tertiary/aromatic N) is 1. The highest BCUT2D eigenvalue weighted by atomic mass is 32.2. The first-order chi connectivity index (χ1) is 6.68. The number of rotatable bonds is 1. The summed E-state index contributed by atoms with van der Waals surface area (Å²) in [6.07, 6.45) is 6.77. The van der Waals surface area contributed by atoms with Crippen molar-refractivity contribution in [3.05, 3.63) is 0 Å². The monoisotopic (exact) mass is 212 g/mol. The second-order valence-corrected chi connectivity index (χ2v) is 5.85. The van der Waals surface area contributed by atoms with E-state index in [0.29, 0.717) is 11.6 Å². The lowest BCUT2D eigenvalue weighted by Crippen LogP contribution is -2.45. The van der Waals surface area contributed by atoms with Crippen molar-refractivity contribution >= 4 is 16.9 Å². The molecule has 2 rings (SSSR count). The third-order valence-corrected chi connectivity index (χ3v) is 4.29. The van der Waals surface area contributed by atoms with Crippen molar-refractivity contribution in [3.63, 3.8) is 0 Å². The van der Waals surface area contributed by atoms with E-state index in [1.165, 1.54) is 37.3 Å². The Kier molecular flexibility index (Phi) is 3.05. The molecule has 0 amide bonds. The topological polar surface area (TPSA) is 24.4 Å². The van der Waals surface area contributed by atoms with Crippen molar-refractivity contribution in [3.8, 4) is 0 Å². The first-order valence-corrected chi connectivity index (χ1v) is 6.65. The zero-order valence-corrected chi connectivity index (χ0v) is 9.99. The maximum Gasteiger partial charge on any atom is 0.157 e. The van der Waals surface area contributed by atoms with Gasteiger partial charge in [-0.25, -0.2) is 0 Å². The van der Waals surface area contributed by atoms with E-state index in [1.54, 1.807) is 0 Å². The van der Waals surface area contributed by atoms with E-state index < -0.39 is 0 Å². The molecule has 1 unspecified atom stereocenters. The quantitative estimate of drug-likeness (QED) is 0.723. The van der Waals surface area contributed by atoms with Gasteiger partial charge >= 0.3 is 0 Å². The Bertz CT molecular complexity index is 231. The van der Waals surface area contributed by atoms with Gasteiger partial charge in [0.05, 0.1) is 6.04 Å². The average molecular weight is 212 g/mol. The summed E-state index contributed by atoms with van der Waals surface area (Å²) in [4.78, 5) is 4.60. The highest BCUT2D eigenvalue weighted by Gasteiger charge is 2.29. The van der Waals surface area contributed by atoms with Crippen LogP contribution in [0.25, 0.3) is 0 Å². The highest BCUT2D eigenvalue weighted by molar-refractivity contribution is 8.14. The molecule has 1 heterocycles. The van der Waals surface area contributed by atoms with Gasteiger partial charge < -0.3 is 5.32 Å². The van der Waals surface area contributed by atoms with Gasteiger partial charge in [-0.05, 0) is 26.7 Å². The summed E-state index contributed by atoms with van der Waals surface area (Å²) in [5.41, 5.74) is 0.328. The number of nitrogens with one attached hydrogen (secondary N) is 1. The first-order valence-electron chi connectivity index (χ1n) is 5.67. The fourth-order valence-electron chi connectivity index (χ4n) is 2.26. The summed E-state index contributed by atoms with van der Waals surface area (Å²) in [5, 5.41) is 4.82. The molecule has 3 heteroatoms. The van der Waals surface area contributed by atoms with Crippen LogP contribution in [0, 0.1) is 0 Å². The van der Waals surface area contributed by atoms with Crippen LogP contribution in [-0.4, -0.2) is 22.5 Å². The molecule has 1 saturated carbocycles. The fraction of sp³-hybridized carbons (Fsp3) is 0.909. The van der Waals surface area contributed by atoms with Gasteiger partial charge in [0.25, 0.3) is 0 Å². The lowest BCUT2D eigenvalue weighted by molar-refractivity contribution is 0.292. The minimum atomic E-state index is 0.328. The zero-order valence-electron chi connectivity index (χ0n) is 9.18. The third-order valence-electron chi connectivity index (χ3n) is 3.16. The number of amidine groups is 1. The molecule has 0 radical (unpaired) electrons. The van der Waals surface area contributed by atoms with Gasteiger partial charge in [0.15, 0.2) is 5.17 Å². The second kappa shape index (κ2) is 4.13. The minimum Gasteiger partial charge on any atom is -0.360 e. The Morgan fingerprint density at radius 1 is 1.36 bits per heavy atom. The van der Waals surface area contributed by atoms with Gasteiger partial charge in [-0.3, -0.25) is 4.99 Å². The van der Waals surface area contributed by atoms with Crippen LogP contribution < -0.4 is 5.32 Å². The van der Waals surface area contributed by atoms with Crippen LogP contribution in [0.2, 0.25) is 0 Å². The molecule has 1 N–H and O–H groups in total. The number of hydrogen-bond acceptors (Lipinski definition) is 3.